The Hall–Kier alpha value is -0.860. The summed E-state index contributed by atoms with van der Waals surface area (Å²) in [6, 6.07) is 8.36. The van der Waals surface area contributed by atoms with Crippen molar-refractivity contribution in [3.63, 3.8) is 0 Å². The van der Waals surface area contributed by atoms with Gasteiger partial charge in [0.25, 0.3) is 0 Å². The molecule has 1 atom stereocenters. The van der Waals surface area contributed by atoms with Crippen molar-refractivity contribution < 1.29 is 24.0 Å². The Morgan fingerprint density at radius 1 is 1.22 bits per heavy atom. The molecule has 0 amide bonds. The lowest BCUT2D eigenvalue weighted by molar-refractivity contribution is 0.275. The minimum absolute atomic E-state index is 0.468. The molecular weight excluding hydrogens is 405 g/mol. The van der Waals surface area contributed by atoms with Gasteiger partial charge in [0.05, 0.1) is 6.61 Å². The van der Waals surface area contributed by atoms with Crippen molar-refractivity contribution in [1.82, 2.24) is 5.32 Å². The quantitative estimate of drug-likeness (QED) is 0.347. The predicted octanol–water partition coefficient (Wildman–Crippen LogP) is 4.22. The zero-order chi connectivity index (χ0) is 20.3. The molecule has 0 aliphatic rings. The fourth-order valence-corrected chi connectivity index (χ4v) is 4.80. The van der Waals surface area contributed by atoms with Gasteiger partial charge in [0, 0.05) is 10.1 Å². The van der Waals surface area contributed by atoms with E-state index in [4.69, 9.17) is 24.0 Å². The van der Waals surface area contributed by atoms with E-state index in [1.165, 1.54) is 16.0 Å². The first-order valence-electron chi connectivity index (χ1n) is 8.66. The third kappa shape index (κ3) is 9.76. The summed E-state index contributed by atoms with van der Waals surface area (Å²) in [5.74, 6) is 0.998. The number of phosphoric acid groups is 1. The second kappa shape index (κ2) is 12.6. The van der Waals surface area contributed by atoms with Crippen molar-refractivity contribution in [3.05, 3.63) is 46.2 Å². The number of rotatable bonds is 9. The molecule has 0 radical (unpaired) electrons. The number of thioether (sulfide) groups is 1. The Kier molecular flexibility index (Phi) is 11.3. The molecule has 1 aromatic carbocycles. The van der Waals surface area contributed by atoms with E-state index >= 15 is 0 Å². The molecule has 0 bridgehead atoms. The minimum atomic E-state index is -4.64. The SMILES string of the molecule is CCOc1ccccc1SC(CCNC)c1cscc1CC.O=P(O)(O)O. The van der Waals surface area contributed by atoms with E-state index in [2.05, 4.69) is 41.2 Å². The molecule has 1 unspecified atom stereocenters. The Morgan fingerprint density at radius 3 is 2.48 bits per heavy atom. The van der Waals surface area contributed by atoms with Gasteiger partial charge in [-0.1, -0.05) is 19.1 Å². The molecule has 4 N–H and O–H groups in total. The fourth-order valence-electron chi connectivity index (χ4n) is 2.43. The Bertz CT molecular complexity index is 711. The van der Waals surface area contributed by atoms with Crippen LogP contribution in [-0.2, 0) is 11.0 Å². The van der Waals surface area contributed by atoms with E-state index < -0.39 is 7.82 Å². The van der Waals surface area contributed by atoms with Gasteiger partial charge in [-0.05, 0) is 67.4 Å². The first kappa shape index (κ1) is 24.2. The van der Waals surface area contributed by atoms with Crippen LogP contribution in [0.3, 0.4) is 0 Å². The van der Waals surface area contributed by atoms with Crippen molar-refractivity contribution in [2.75, 3.05) is 20.2 Å². The van der Waals surface area contributed by atoms with E-state index in [1.807, 2.05) is 43.1 Å². The maximum absolute atomic E-state index is 8.88. The van der Waals surface area contributed by atoms with E-state index in [0.717, 1.165) is 25.1 Å². The molecule has 2 rings (SSSR count). The van der Waals surface area contributed by atoms with Gasteiger partial charge < -0.3 is 24.7 Å². The van der Waals surface area contributed by atoms with Gasteiger partial charge in [0.2, 0.25) is 0 Å². The van der Waals surface area contributed by atoms with E-state index in [1.54, 1.807) is 0 Å². The lowest BCUT2D eigenvalue weighted by Gasteiger charge is -2.19. The third-order valence-corrected chi connectivity index (χ3v) is 5.75. The van der Waals surface area contributed by atoms with Crippen LogP contribution in [0.4, 0.5) is 0 Å². The summed E-state index contributed by atoms with van der Waals surface area (Å²) in [6.45, 7) is 6.00. The fraction of sp³-hybridized carbons (Fsp3) is 0.444. The smallest absolute Gasteiger partial charge is 0.466 e. The van der Waals surface area contributed by atoms with Crippen LogP contribution in [0.5, 0.6) is 5.75 Å². The lowest BCUT2D eigenvalue weighted by Crippen LogP contribution is -2.11. The summed E-state index contributed by atoms with van der Waals surface area (Å²) in [5, 5.41) is 8.35. The normalized spacial score (nSPS) is 12.2. The summed E-state index contributed by atoms with van der Waals surface area (Å²) >= 11 is 3.74. The largest absolute Gasteiger partial charge is 0.493 e. The zero-order valence-corrected chi connectivity index (χ0v) is 18.3. The van der Waals surface area contributed by atoms with Crippen LogP contribution >= 0.6 is 30.9 Å². The van der Waals surface area contributed by atoms with E-state index in [0.29, 0.717) is 11.9 Å². The average Bonchev–Trinajstić information content (AvgIpc) is 3.07. The summed E-state index contributed by atoms with van der Waals surface area (Å²) in [6.07, 6.45) is 2.22. The van der Waals surface area contributed by atoms with Crippen LogP contribution in [-0.4, -0.2) is 34.9 Å². The molecule has 9 heteroatoms. The van der Waals surface area contributed by atoms with Gasteiger partial charge >= 0.3 is 7.82 Å². The zero-order valence-electron chi connectivity index (χ0n) is 15.8. The lowest BCUT2D eigenvalue weighted by atomic mass is 10.1. The second-order valence-corrected chi connectivity index (χ2v) is 8.61. The van der Waals surface area contributed by atoms with Gasteiger partial charge in [0.1, 0.15) is 5.75 Å². The van der Waals surface area contributed by atoms with Crippen molar-refractivity contribution in [3.8, 4) is 5.75 Å². The number of thiophene rings is 1. The number of aryl methyl sites for hydroxylation is 1. The number of nitrogens with one attached hydrogen (secondary N) is 1. The highest BCUT2D eigenvalue weighted by Gasteiger charge is 2.18. The maximum atomic E-state index is 8.88. The molecule has 1 aromatic heterocycles. The molecule has 0 aliphatic heterocycles. The number of para-hydroxylation sites is 1. The van der Waals surface area contributed by atoms with Crippen LogP contribution < -0.4 is 10.1 Å². The summed E-state index contributed by atoms with van der Waals surface area (Å²) in [4.78, 5) is 22.8. The first-order chi connectivity index (χ1) is 12.8. The van der Waals surface area contributed by atoms with Crippen molar-refractivity contribution in [2.24, 2.45) is 0 Å². The summed E-state index contributed by atoms with van der Waals surface area (Å²) in [5.41, 5.74) is 2.96. The molecular formula is C18H28NO5PS2. The van der Waals surface area contributed by atoms with Gasteiger partial charge in [0.15, 0.2) is 0 Å². The molecule has 0 aliphatic carbocycles. The number of hydrogen-bond acceptors (Lipinski definition) is 5. The summed E-state index contributed by atoms with van der Waals surface area (Å²) in [7, 11) is -2.62. The third-order valence-electron chi connectivity index (χ3n) is 3.58. The molecule has 152 valence electrons. The van der Waals surface area contributed by atoms with Gasteiger partial charge in [-0.3, -0.25) is 0 Å². The standard InChI is InChI=1S/C18H25NOS2.H3O4P/c1-4-14-12-21-13-15(14)17(10-11-19-3)22-18-9-7-6-8-16(18)20-5-2;1-5(2,3)4/h6-9,12-13,17,19H,4-5,10-11H2,1-3H3;(H3,1,2,3,4). The monoisotopic (exact) mass is 433 g/mol. The average molecular weight is 434 g/mol. The maximum Gasteiger partial charge on any atom is 0.466 e. The van der Waals surface area contributed by atoms with Crippen LogP contribution in [0, 0.1) is 0 Å². The molecule has 0 saturated carbocycles. The first-order valence-corrected chi connectivity index (χ1v) is 12.0. The second-order valence-electron chi connectivity index (χ2n) is 5.60. The van der Waals surface area contributed by atoms with Crippen molar-refractivity contribution >= 4 is 30.9 Å². The highest BCUT2D eigenvalue weighted by atomic mass is 32.2. The molecule has 6 nitrogen and oxygen atoms in total. The Morgan fingerprint density at radius 2 is 1.89 bits per heavy atom. The number of ether oxygens (including phenoxy) is 1. The van der Waals surface area contributed by atoms with E-state index in [9.17, 15) is 0 Å². The van der Waals surface area contributed by atoms with Crippen LogP contribution in [0.1, 0.15) is 36.6 Å². The van der Waals surface area contributed by atoms with Crippen molar-refractivity contribution in [2.45, 2.75) is 36.8 Å². The number of benzene rings is 1. The molecule has 1 heterocycles. The molecule has 27 heavy (non-hydrogen) atoms. The van der Waals surface area contributed by atoms with Gasteiger partial charge in [-0.15, -0.1) is 11.8 Å². The van der Waals surface area contributed by atoms with Crippen LogP contribution in [0.25, 0.3) is 0 Å². The topological polar surface area (TPSA) is 99.0 Å². The molecule has 0 spiro atoms. The molecule has 2 aromatic rings. The highest BCUT2D eigenvalue weighted by molar-refractivity contribution is 7.99. The summed E-state index contributed by atoms with van der Waals surface area (Å²) < 4.78 is 14.7. The molecule has 0 fully saturated rings. The predicted molar refractivity (Wildman–Crippen MR) is 113 cm³/mol. The van der Waals surface area contributed by atoms with Crippen LogP contribution in [0.2, 0.25) is 0 Å². The molecule has 0 saturated heterocycles. The number of hydrogen-bond donors (Lipinski definition) is 4. The van der Waals surface area contributed by atoms with Gasteiger partial charge in [-0.2, -0.15) is 11.3 Å². The van der Waals surface area contributed by atoms with Crippen molar-refractivity contribution in [1.29, 1.82) is 0 Å². The van der Waals surface area contributed by atoms with E-state index in [-0.39, 0.29) is 0 Å². The Labute approximate surface area is 169 Å². The van der Waals surface area contributed by atoms with Crippen LogP contribution in [0.15, 0.2) is 39.9 Å². The van der Waals surface area contributed by atoms with Gasteiger partial charge in [-0.25, -0.2) is 4.57 Å². The highest BCUT2D eigenvalue weighted by Crippen LogP contribution is 2.43. The Balaban J connectivity index is 0.000000646. The minimum Gasteiger partial charge on any atom is -0.493 e.